The number of rotatable bonds is 10. The molecule has 0 atom stereocenters. The highest BCUT2D eigenvalue weighted by atomic mass is 35.5. The van der Waals surface area contributed by atoms with Gasteiger partial charge in [-0.3, -0.25) is 9.67 Å². The van der Waals surface area contributed by atoms with E-state index in [1.54, 1.807) is 29.7 Å². The second kappa shape index (κ2) is 12.9. The van der Waals surface area contributed by atoms with Gasteiger partial charge in [-0.25, -0.2) is 4.79 Å². The smallest absolute Gasteiger partial charge is 0.454 e. The summed E-state index contributed by atoms with van der Waals surface area (Å²) < 4.78 is 18.0. The molecule has 0 amide bonds. The Kier molecular flexibility index (Phi) is 10.5. The van der Waals surface area contributed by atoms with Gasteiger partial charge in [0.05, 0.1) is 10.7 Å². The van der Waals surface area contributed by atoms with Crippen LogP contribution in [-0.4, -0.2) is 54.6 Å². The third-order valence-electron chi connectivity index (χ3n) is 5.02. The Hall–Kier alpha value is -2.45. The summed E-state index contributed by atoms with van der Waals surface area (Å²) in [6.45, 7) is 10.8. The molecule has 0 unspecified atom stereocenters. The largest absolute Gasteiger partial charge is 0.511 e. The number of thioether (sulfide) groups is 1. The summed E-state index contributed by atoms with van der Waals surface area (Å²) in [4.78, 5) is 16.2. The predicted molar refractivity (Wildman–Crippen MR) is 141 cm³/mol. The Bertz CT molecular complexity index is 1020. The first kappa shape index (κ1) is 27.8. The summed E-state index contributed by atoms with van der Waals surface area (Å²) in [7, 11) is 1.69. The van der Waals surface area contributed by atoms with Gasteiger partial charge in [-0.1, -0.05) is 56.6 Å². The minimum Gasteiger partial charge on any atom is -0.454 e. The highest BCUT2D eigenvalue weighted by molar-refractivity contribution is 7.98. The van der Waals surface area contributed by atoms with E-state index in [9.17, 15) is 4.79 Å². The normalized spacial score (nSPS) is 12.6. The molecule has 0 bridgehead atoms. The molecular weight excluding hydrogens is 474 g/mol. The maximum atomic E-state index is 11.9. The number of hydrogen-bond donors (Lipinski definition) is 0. The van der Waals surface area contributed by atoms with Crippen molar-refractivity contribution in [3.05, 3.63) is 51.8 Å². The summed E-state index contributed by atoms with van der Waals surface area (Å²) >= 11 is 8.23. The number of aryl methyl sites for hydroxylation is 2. The SMILES string of the molecule is CCn1nc(C)c(Cl)c1/C(OCOC(=O)OCCSC)=C(\C=N/C)c1ccc(C(C)(C)C)cc1. The van der Waals surface area contributed by atoms with Gasteiger partial charge in [0.1, 0.15) is 12.3 Å². The standard InChI is InChI=1S/C25H34ClN3O4S/c1-8-29-22(21(26)17(2)28-29)23(32-16-33-24(30)31-13-14-34-7)20(15-27-6)18-9-11-19(12-10-18)25(3,4)5/h9-12,15H,8,13-14,16H2,1-7H3/b23-20-,27-15-. The fourth-order valence-corrected chi connectivity index (χ4v) is 3.68. The molecule has 1 aromatic carbocycles. The molecule has 0 aliphatic heterocycles. The van der Waals surface area contributed by atoms with E-state index in [1.807, 2.05) is 32.2 Å². The lowest BCUT2D eigenvalue weighted by Gasteiger charge is -2.20. The lowest BCUT2D eigenvalue weighted by Crippen LogP contribution is -2.14. The molecular formula is C25H34ClN3O4S. The van der Waals surface area contributed by atoms with Crippen LogP contribution in [0.5, 0.6) is 0 Å². The van der Waals surface area contributed by atoms with Crippen LogP contribution in [0.3, 0.4) is 0 Å². The number of ether oxygens (including phenoxy) is 3. The fraction of sp³-hybridized carbons (Fsp3) is 0.480. The molecule has 0 radical (unpaired) electrons. The zero-order valence-electron chi connectivity index (χ0n) is 21.0. The Labute approximate surface area is 211 Å². The van der Waals surface area contributed by atoms with Gasteiger partial charge in [0.2, 0.25) is 6.79 Å². The van der Waals surface area contributed by atoms with Crippen LogP contribution in [0.2, 0.25) is 5.02 Å². The van der Waals surface area contributed by atoms with Gasteiger partial charge in [-0.15, -0.1) is 0 Å². The molecule has 9 heteroatoms. The average Bonchev–Trinajstić information content (AvgIpc) is 3.08. The average molecular weight is 508 g/mol. The Morgan fingerprint density at radius 2 is 1.88 bits per heavy atom. The van der Waals surface area contributed by atoms with Gasteiger partial charge in [0.25, 0.3) is 0 Å². The topological polar surface area (TPSA) is 74.9 Å². The third kappa shape index (κ3) is 7.27. The number of carbonyl (C=O) groups is 1. The predicted octanol–water partition coefficient (Wildman–Crippen LogP) is 6.22. The first-order valence-corrected chi connectivity index (χ1v) is 12.8. The lowest BCUT2D eigenvalue weighted by molar-refractivity contribution is -0.00330. The Balaban J connectivity index is 2.51. The summed E-state index contributed by atoms with van der Waals surface area (Å²) in [6, 6.07) is 8.21. The zero-order chi connectivity index (χ0) is 25.3. The number of allylic oxidation sites excluding steroid dienone is 1. The van der Waals surface area contributed by atoms with Gasteiger partial charge >= 0.3 is 6.16 Å². The van der Waals surface area contributed by atoms with Crippen molar-refractivity contribution in [2.45, 2.75) is 46.6 Å². The van der Waals surface area contributed by atoms with Crippen LogP contribution < -0.4 is 0 Å². The molecule has 7 nitrogen and oxygen atoms in total. The molecule has 1 aromatic heterocycles. The summed E-state index contributed by atoms with van der Waals surface area (Å²) in [6.07, 6.45) is 2.85. The van der Waals surface area contributed by atoms with E-state index in [2.05, 4.69) is 43.0 Å². The molecule has 2 rings (SSSR count). The number of aromatic nitrogens is 2. The summed E-state index contributed by atoms with van der Waals surface area (Å²) in [5, 5.41) is 4.98. The molecule has 0 spiro atoms. The molecule has 0 aliphatic rings. The highest BCUT2D eigenvalue weighted by Crippen LogP contribution is 2.34. The second-order valence-electron chi connectivity index (χ2n) is 8.52. The van der Waals surface area contributed by atoms with Crippen molar-refractivity contribution in [2.24, 2.45) is 4.99 Å². The van der Waals surface area contributed by atoms with Gasteiger partial charge in [-0.2, -0.15) is 16.9 Å². The second-order valence-corrected chi connectivity index (χ2v) is 9.88. The molecule has 0 aliphatic carbocycles. The van der Waals surface area contributed by atoms with Crippen LogP contribution in [-0.2, 0) is 26.2 Å². The first-order valence-electron chi connectivity index (χ1n) is 11.1. The van der Waals surface area contributed by atoms with Crippen molar-refractivity contribution < 1.29 is 19.0 Å². The van der Waals surface area contributed by atoms with Gasteiger partial charge in [0, 0.05) is 31.1 Å². The van der Waals surface area contributed by atoms with Crippen molar-refractivity contribution >= 4 is 47.1 Å². The van der Waals surface area contributed by atoms with E-state index in [0.29, 0.717) is 40.0 Å². The maximum absolute atomic E-state index is 11.9. The minimum absolute atomic E-state index is 0.0202. The van der Waals surface area contributed by atoms with Crippen molar-refractivity contribution in [3.63, 3.8) is 0 Å². The van der Waals surface area contributed by atoms with E-state index in [4.69, 9.17) is 25.8 Å². The number of carbonyl (C=O) groups excluding carboxylic acids is 1. The van der Waals surface area contributed by atoms with E-state index in [-0.39, 0.29) is 18.8 Å². The molecule has 186 valence electrons. The van der Waals surface area contributed by atoms with E-state index in [1.165, 1.54) is 5.56 Å². The van der Waals surface area contributed by atoms with Crippen LogP contribution in [0, 0.1) is 6.92 Å². The fourth-order valence-electron chi connectivity index (χ4n) is 3.21. The number of halogens is 1. The van der Waals surface area contributed by atoms with E-state index in [0.717, 1.165) is 5.56 Å². The van der Waals surface area contributed by atoms with E-state index >= 15 is 0 Å². The molecule has 0 saturated heterocycles. The van der Waals surface area contributed by atoms with Crippen molar-refractivity contribution in [2.75, 3.05) is 32.5 Å². The molecule has 0 N–H and O–H groups in total. The molecule has 2 aromatic rings. The number of aliphatic imine (C=N–C) groups is 1. The van der Waals surface area contributed by atoms with Crippen LogP contribution in [0.4, 0.5) is 4.79 Å². The quantitative estimate of drug-likeness (QED) is 0.125. The van der Waals surface area contributed by atoms with Gasteiger partial charge < -0.3 is 14.2 Å². The number of benzene rings is 1. The zero-order valence-corrected chi connectivity index (χ0v) is 22.5. The minimum atomic E-state index is -0.792. The Morgan fingerprint density at radius 3 is 2.44 bits per heavy atom. The lowest BCUT2D eigenvalue weighted by atomic mass is 9.86. The van der Waals surface area contributed by atoms with Gasteiger partial charge in [-0.05, 0) is 36.6 Å². The number of nitrogens with zero attached hydrogens (tertiary/aromatic N) is 3. The third-order valence-corrected chi connectivity index (χ3v) is 6.05. The molecule has 0 saturated carbocycles. The monoisotopic (exact) mass is 507 g/mol. The first-order chi connectivity index (χ1) is 16.1. The van der Waals surface area contributed by atoms with Crippen LogP contribution >= 0.6 is 23.4 Å². The highest BCUT2D eigenvalue weighted by Gasteiger charge is 2.23. The van der Waals surface area contributed by atoms with Crippen LogP contribution in [0.1, 0.15) is 50.2 Å². The Morgan fingerprint density at radius 1 is 1.21 bits per heavy atom. The van der Waals surface area contributed by atoms with Crippen molar-refractivity contribution in [3.8, 4) is 0 Å². The summed E-state index contributed by atoms with van der Waals surface area (Å²) in [5.74, 6) is 1.10. The molecule has 1 heterocycles. The summed E-state index contributed by atoms with van der Waals surface area (Å²) in [5.41, 5.74) is 4.07. The van der Waals surface area contributed by atoms with Crippen molar-refractivity contribution in [1.82, 2.24) is 9.78 Å². The molecule has 34 heavy (non-hydrogen) atoms. The van der Waals surface area contributed by atoms with Crippen molar-refractivity contribution in [1.29, 1.82) is 0 Å². The van der Waals surface area contributed by atoms with Crippen LogP contribution in [0.25, 0.3) is 11.3 Å². The molecule has 0 fully saturated rings. The van der Waals surface area contributed by atoms with Crippen LogP contribution in [0.15, 0.2) is 29.3 Å². The van der Waals surface area contributed by atoms with E-state index < -0.39 is 6.16 Å². The van der Waals surface area contributed by atoms with Gasteiger partial charge in [0.15, 0.2) is 5.76 Å². The maximum Gasteiger partial charge on any atom is 0.511 e. The number of hydrogen-bond acceptors (Lipinski definition) is 7.